The van der Waals surface area contributed by atoms with E-state index in [1.807, 2.05) is 0 Å². The molecule has 3 N–H and O–H groups in total. The molecular weight excluding hydrogens is 400 g/mol. The lowest BCUT2D eigenvalue weighted by molar-refractivity contribution is -0.154. The van der Waals surface area contributed by atoms with Gasteiger partial charge in [-0.3, -0.25) is 4.79 Å². The van der Waals surface area contributed by atoms with Crippen LogP contribution < -0.4 is 0 Å². The highest BCUT2D eigenvalue weighted by Gasteiger charge is 2.39. The van der Waals surface area contributed by atoms with Gasteiger partial charge in [-0.15, -0.1) is 0 Å². The van der Waals surface area contributed by atoms with Crippen LogP contribution in [0.4, 0.5) is 0 Å². The maximum absolute atomic E-state index is 11.7. The molecule has 0 aliphatic carbocycles. The summed E-state index contributed by atoms with van der Waals surface area (Å²) in [6.07, 6.45) is 13.4. The van der Waals surface area contributed by atoms with Crippen LogP contribution in [-0.2, 0) is 19.1 Å². The molecule has 2 atom stereocenters. The highest BCUT2D eigenvalue weighted by atomic mass is 16.6. The zero-order valence-corrected chi connectivity index (χ0v) is 19.3. The molecule has 0 saturated heterocycles. The van der Waals surface area contributed by atoms with E-state index in [-0.39, 0.29) is 6.42 Å². The van der Waals surface area contributed by atoms with E-state index >= 15 is 0 Å². The molecule has 1 aliphatic heterocycles. The summed E-state index contributed by atoms with van der Waals surface area (Å²) < 4.78 is 9.57. The lowest BCUT2D eigenvalue weighted by Crippen LogP contribution is -2.33. The molecular formula is C24H42O7. The minimum atomic E-state index is -1.42. The molecule has 7 heteroatoms. The molecule has 0 unspecified atom stereocenters. The van der Waals surface area contributed by atoms with Gasteiger partial charge in [-0.25, -0.2) is 4.79 Å². The Morgan fingerprint density at radius 1 is 0.903 bits per heavy atom. The molecule has 0 fully saturated rings. The van der Waals surface area contributed by atoms with Crippen molar-refractivity contribution in [1.29, 1.82) is 0 Å². The Hall–Kier alpha value is -1.76. The van der Waals surface area contributed by atoms with Crippen molar-refractivity contribution in [2.75, 3.05) is 6.61 Å². The Kier molecular flexibility index (Phi) is 14.0. The number of esters is 2. The topological polar surface area (TPSA) is 113 Å². The van der Waals surface area contributed by atoms with Crippen LogP contribution in [0.2, 0.25) is 0 Å². The second kappa shape index (κ2) is 16.0. The number of hydrogen-bond acceptors (Lipinski definition) is 7. The van der Waals surface area contributed by atoms with Gasteiger partial charge >= 0.3 is 11.9 Å². The maximum atomic E-state index is 11.7. The minimum absolute atomic E-state index is 0.265. The average Bonchev–Trinajstić information content (AvgIpc) is 2.99. The van der Waals surface area contributed by atoms with Gasteiger partial charge in [0.05, 0.1) is 0 Å². The molecule has 0 aromatic heterocycles. The molecule has 0 aromatic rings. The molecule has 1 aliphatic rings. The van der Waals surface area contributed by atoms with Gasteiger partial charge in [-0.2, -0.15) is 0 Å². The van der Waals surface area contributed by atoms with Crippen molar-refractivity contribution in [2.45, 2.75) is 116 Å². The standard InChI is InChI=1S/C24H42O7/c1-18(2)15-13-11-9-7-5-3-4-6-8-10-12-14-16-20(26)30-17-19(25)23-21(27)22(28)24(29)31-23/h18-19,23,25,27-28H,3-17H2,1-2H3/t19-,23+/m0/s1. The lowest BCUT2D eigenvalue weighted by Gasteiger charge is -2.17. The molecule has 0 saturated carbocycles. The molecule has 31 heavy (non-hydrogen) atoms. The largest absolute Gasteiger partial charge is 0.505 e. The van der Waals surface area contributed by atoms with Crippen molar-refractivity contribution in [2.24, 2.45) is 5.92 Å². The Morgan fingerprint density at radius 3 is 1.84 bits per heavy atom. The monoisotopic (exact) mass is 442 g/mol. The maximum Gasteiger partial charge on any atom is 0.377 e. The van der Waals surface area contributed by atoms with Crippen molar-refractivity contribution in [3.63, 3.8) is 0 Å². The van der Waals surface area contributed by atoms with Gasteiger partial charge in [-0.1, -0.05) is 90.9 Å². The fourth-order valence-corrected chi connectivity index (χ4v) is 3.65. The number of hydrogen-bond donors (Lipinski definition) is 3. The molecule has 7 nitrogen and oxygen atoms in total. The number of aliphatic hydroxyl groups is 3. The summed E-state index contributed by atoms with van der Waals surface area (Å²) in [6, 6.07) is 0. The van der Waals surface area contributed by atoms with Crippen molar-refractivity contribution >= 4 is 11.9 Å². The number of unbranched alkanes of at least 4 members (excludes halogenated alkanes) is 11. The quantitative estimate of drug-likeness (QED) is 0.196. The first-order valence-electron chi connectivity index (χ1n) is 12.0. The Balaban J connectivity index is 1.89. The number of aliphatic hydroxyl groups excluding tert-OH is 3. The predicted molar refractivity (Wildman–Crippen MR) is 119 cm³/mol. The van der Waals surface area contributed by atoms with Crippen LogP contribution in [0.5, 0.6) is 0 Å². The van der Waals surface area contributed by atoms with Gasteiger partial charge in [0, 0.05) is 6.42 Å². The van der Waals surface area contributed by atoms with Crippen molar-refractivity contribution < 1.29 is 34.4 Å². The zero-order valence-electron chi connectivity index (χ0n) is 19.3. The summed E-state index contributed by atoms with van der Waals surface area (Å²) in [4.78, 5) is 22.8. The lowest BCUT2D eigenvalue weighted by atomic mass is 10.0. The highest BCUT2D eigenvalue weighted by Crippen LogP contribution is 2.21. The SMILES string of the molecule is CC(C)CCCCCCCCCCCCCCC(=O)OC[C@H](O)[C@H]1OC(=O)C(O)=C1O. The van der Waals surface area contributed by atoms with Gasteiger partial charge in [-0.05, 0) is 12.3 Å². The van der Waals surface area contributed by atoms with Crippen LogP contribution in [0.3, 0.4) is 0 Å². The summed E-state index contributed by atoms with van der Waals surface area (Å²) in [5.74, 6) is -2.38. The van der Waals surface area contributed by atoms with Crippen molar-refractivity contribution in [3.05, 3.63) is 11.5 Å². The van der Waals surface area contributed by atoms with E-state index < -0.39 is 42.3 Å². The summed E-state index contributed by atoms with van der Waals surface area (Å²) in [7, 11) is 0. The van der Waals surface area contributed by atoms with Gasteiger partial charge in [0.15, 0.2) is 11.9 Å². The van der Waals surface area contributed by atoms with E-state index in [4.69, 9.17) is 4.74 Å². The third-order valence-corrected chi connectivity index (χ3v) is 5.62. The van der Waals surface area contributed by atoms with Crippen molar-refractivity contribution in [3.8, 4) is 0 Å². The number of cyclic esters (lactones) is 1. The molecule has 1 rings (SSSR count). The number of ether oxygens (including phenoxy) is 2. The number of rotatable bonds is 18. The first kappa shape index (κ1) is 27.3. The third kappa shape index (κ3) is 12.0. The van der Waals surface area contributed by atoms with E-state index in [0.29, 0.717) is 0 Å². The van der Waals surface area contributed by atoms with Gasteiger partial charge in [0.1, 0.15) is 12.7 Å². The summed E-state index contributed by atoms with van der Waals surface area (Å²) in [5, 5.41) is 28.5. The second-order valence-corrected chi connectivity index (χ2v) is 8.99. The first-order chi connectivity index (χ1) is 14.8. The van der Waals surface area contributed by atoms with E-state index in [2.05, 4.69) is 18.6 Å². The van der Waals surface area contributed by atoms with E-state index in [1.54, 1.807) is 0 Å². The van der Waals surface area contributed by atoms with E-state index in [1.165, 1.54) is 64.2 Å². The van der Waals surface area contributed by atoms with E-state index in [9.17, 15) is 24.9 Å². The molecule has 0 bridgehead atoms. The van der Waals surface area contributed by atoms with Crippen LogP contribution in [0.15, 0.2) is 11.5 Å². The molecule has 180 valence electrons. The Morgan fingerprint density at radius 2 is 1.39 bits per heavy atom. The van der Waals surface area contributed by atoms with Gasteiger partial charge in [0.25, 0.3) is 0 Å². The van der Waals surface area contributed by atoms with Crippen LogP contribution >= 0.6 is 0 Å². The molecule has 1 heterocycles. The zero-order chi connectivity index (χ0) is 23.1. The summed E-state index contributed by atoms with van der Waals surface area (Å²) >= 11 is 0. The molecule has 0 amide bonds. The first-order valence-corrected chi connectivity index (χ1v) is 12.0. The van der Waals surface area contributed by atoms with Crippen molar-refractivity contribution in [1.82, 2.24) is 0 Å². The summed E-state index contributed by atoms with van der Waals surface area (Å²) in [6.45, 7) is 4.16. The normalized spacial score (nSPS) is 17.3. The van der Waals surface area contributed by atoms with Crippen LogP contribution in [0.1, 0.15) is 104 Å². The number of carbonyl (C=O) groups is 2. The Bertz CT molecular complexity index is 556. The fraction of sp³-hybridized carbons (Fsp3) is 0.833. The van der Waals surface area contributed by atoms with Crippen LogP contribution in [0, 0.1) is 5.92 Å². The summed E-state index contributed by atoms with van der Waals surface area (Å²) in [5.41, 5.74) is 0. The smallest absolute Gasteiger partial charge is 0.377 e. The second-order valence-electron chi connectivity index (χ2n) is 8.99. The van der Waals surface area contributed by atoms with E-state index in [0.717, 1.165) is 25.2 Å². The third-order valence-electron chi connectivity index (χ3n) is 5.62. The van der Waals surface area contributed by atoms with Crippen LogP contribution in [0.25, 0.3) is 0 Å². The molecule has 0 aromatic carbocycles. The minimum Gasteiger partial charge on any atom is -0.505 e. The average molecular weight is 443 g/mol. The molecule has 0 radical (unpaired) electrons. The molecule has 0 spiro atoms. The predicted octanol–water partition coefficient (Wildman–Crippen LogP) is 5.26. The van der Waals surface area contributed by atoms with Crippen LogP contribution in [-0.4, -0.2) is 46.1 Å². The fourth-order valence-electron chi connectivity index (χ4n) is 3.65. The van der Waals surface area contributed by atoms with Gasteiger partial charge in [0.2, 0.25) is 5.76 Å². The number of carbonyl (C=O) groups excluding carboxylic acids is 2. The highest BCUT2D eigenvalue weighted by molar-refractivity contribution is 5.89. The Labute approximate surface area is 186 Å². The van der Waals surface area contributed by atoms with Gasteiger partial charge < -0.3 is 24.8 Å².